The summed E-state index contributed by atoms with van der Waals surface area (Å²) in [6.45, 7) is 4.17. The molecule has 0 aliphatic carbocycles. The van der Waals surface area contributed by atoms with Crippen LogP contribution in [0.15, 0.2) is 6.07 Å². The van der Waals surface area contributed by atoms with Gasteiger partial charge in [0.1, 0.15) is 0 Å². The number of hydrogen-bond donors (Lipinski definition) is 0. The van der Waals surface area contributed by atoms with Crippen molar-refractivity contribution in [3.63, 3.8) is 0 Å². The summed E-state index contributed by atoms with van der Waals surface area (Å²) in [5.74, 6) is 0. The molecule has 65 valence electrons. The SMILES string of the molecule is CCc1[c]cc(Cl)c(Cl)c1CC. The molecule has 0 N–H and O–H groups in total. The Morgan fingerprint density at radius 1 is 1.25 bits per heavy atom. The number of hydrogen-bond acceptors (Lipinski definition) is 0. The summed E-state index contributed by atoms with van der Waals surface area (Å²) in [4.78, 5) is 0. The summed E-state index contributed by atoms with van der Waals surface area (Å²) in [5.41, 5.74) is 2.30. The van der Waals surface area contributed by atoms with Crippen LogP contribution in [0.25, 0.3) is 0 Å². The monoisotopic (exact) mass is 201 g/mol. The molecular weight excluding hydrogens is 191 g/mol. The van der Waals surface area contributed by atoms with Gasteiger partial charge in [-0.2, -0.15) is 0 Å². The van der Waals surface area contributed by atoms with Crippen molar-refractivity contribution < 1.29 is 0 Å². The topological polar surface area (TPSA) is 0 Å². The second-order valence-corrected chi connectivity index (χ2v) is 3.40. The Hall–Kier alpha value is -0.200. The van der Waals surface area contributed by atoms with E-state index in [-0.39, 0.29) is 0 Å². The zero-order valence-electron chi connectivity index (χ0n) is 7.25. The molecule has 0 heterocycles. The molecule has 12 heavy (non-hydrogen) atoms. The second-order valence-electron chi connectivity index (χ2n) is 2.61. The average Bonchev–Trinajstić information content (AvgIpc) is 2.09. The van der Waals surface area contributed by atoms with Gasteiger partial charge in [0.15, 0.2) is 0 Å². The summed E-state index contributed by atoms with van der Waals surface area (Å²) in [6.07, 6.45) is 1.87. The van der Waals surface area contributed by atoms with E-state index >= 15 is 0 Å². The minimum Gasteiger partial charge on any atom is -0.0827 e. The zero-order chi connectivity index (χ0) is 9.14. The molecule has 0 aliphatic heterocycles. The predicted molar refractivity (Wildman–Crippen MR) is 54.1 cm³/mol. The van der Waals surface area contributed by atoms with E-state index < -0.39 is 0 Å². The van der Waals surface area contributed by atoms with Crippen molar-refractivity contribution >= 4 is 23.2 Å². The lowest BCUT2D eigenvalue weighted by molar-refractivity contribution is 1.03. The summed E-state index contributed by atoms with van der Waals surface area (Å²) in [7, 11) is 0. The molecule has 0 fully saturated rings. The van der Waals surface area contributed by atoms with E-state index in [4.69, 9.17) is 23.2 Å². The first-order valence-corrected chi connectivity index (χ1v) is 4.83. The fourth-order valence-corrected chi connectivity index (χ4v) is 1.73. The molecule has 1 aromatic rings. The summed E-state index contributed by atoms with van der Waals surface area (Å²) < 4.78 is 0. The first-order chi connectivity index (χ1) is 5.70. The van der Waals surface area contributed by atoms with Crippen LogP contribution < -0.4 is 0 Å². The van der Waals surface area contributed by atoms with E-state index in [1.165, 1.54) is 5.56 Å². The van der Waals surface area contributed by atoms with E-state index in [0.717, 1.165) is 18.4 Å². The molecule has 1 radical (unpaired) electrons. The Morgan fingerprint density at radius 2 is 1.92 bits per heavy atom. The van der Waals surface area contributed by atoms with Gasteiger partial charge in [0, 0.05) is 0 Å². The summed E-state index contributed by atoms with van der Waals surface area (Å²) >= 11 is 11.9. The Kier molecular flexibility index (Phi) is 3.42. The van der Waals surface area contributed by atoms with Gasteiger partial charge in [-0.3, -0.25) is 0 Å². The molecule has 0 spiro atoms. The third-order valence-electron chi connectivity index (χ3n) is 1.92. The fourth-order valence-electron chi connectivity index (χ4n) is 1.26. The standard InChI is InChI=1S/C10H11Cl2/c1-3-7-5-6-9(11)10(12)8(7)4-2/h6H,3-4H2,1-2H3. The third-order valence-corrected chi connectivity index (χ3v) is 2.75. The molecule has 1 aromatic carbocycles. The largest absolute Gasteiger partial charge is 0.0827 e. The average molecular weight is 202 g/mol. The Morgan fingerprint density at radius 3 is 2.42 bits per heavy atom. The molecule has 0 atom stereocenters. The highest BCUT2D eigenvalue weighted by Crippen LogP contribution is 2.28. The maximum Gasteiger partial charge on any atom is 0.0627 e. The van der Waals surface area contributed by atoms with Crippen molar-refractivity contribution in [2.24, 2.45) is 0 Å². The normalized spacial score (nSPS) is 10.3. The van der Waals surface area contributed by atoms with Crippen LogP contribution in [0.3, 0.4) is 0 Å². The van der Waals surface area contributed by atoms with Crippen LogP contribution in [0.1, 0.15) is 25.0 Å². The van der Waals surface area contributed by atoms with Crippen LogP contribution in [0.4, 0.5) is 0 Å². The fraction of sp³-hybridized carbons (Fsp3) is 0.400. The minimum atomic E-state index is 0.603. The quantitative estimate of drug-likeness (QED) is 0.681. The second kappa shape index (κ2) is 4.15. The Bertz CT molecular complexity index is 279. The van der Waals surface area contributed by atoms with Crippen molar-refractivity contribution in [1.82, 2.24) is 0 Å². The molecule has 0 aliphatic rings. The number of rotatable bonds is 2. The maximum absolute atomic E-state index is 6.03. The van der Waals surface area contributed by atoms with Gasteiger partial charge in [0.25, 0.3) is 0 Å². The van der Waals surface area contributed by atoms with Gasteiger partial charge in [0.05, 0.1) is 10.0 Å². The predicted octanol–water partition coefficient (Wildman–Crippen LogP) is 3.92. The highest BCUT2D eigenvalue weighted by atomic mass is 35.5. The van der Waals surface area contributed by atoms with E-state index in [1.54, 1.807) is 6.07 Å². The van der Waals surface area contributed by atoms with Crippen LogP contribution in [0.2, 0.25) is 10.0 Å². The van der Waals surface area contributed by atoms with Crippen molar-refractivity contribution in [2.75, 3.05) is 0 Å². The molecule has 0 saturated heterocycles. The van der Waals surface area contributed by atoms with E-state index in [0.29, 0.717) is 10.0 Å². The lowest BCUT2D eigenvalue weighted by Gasteiger charge is -2.08. The van der Waals surface area contributed by atoms with Gasteiger partial charge in [-0.25, -0.2) is 0 Å². The van der Waals surface area contributed by atoms with Crippen LogP contribution in [0.5, 0.6) is 0 Å². The summed E-state index contributed by atoms with van der Waals surface area (Å²) in [5, 5.41) is 1.29. The van der Waals surface area contributed by atoms with E-state index in [1.807, 2.05) is 0 Å². The van der Waals surface area contributed by atoms with Crippen molar-refractivity contribution in [1.29, 1.82) is 0 Å². The minimum absolute atomic E-state index is 0.603. The highest BCUT2D eigenvalue weighted by Gasteiger charge is 2.07. The van der Waals surface area contributed by atoms with E-state index in [9.17, 15) is 0 Å². The van der Waals surface area contributed by atoms with Gasteiger partial charge in [-0.15, -0.1) is 0 Å². The molecule has 0 aromatic heterocycles. The van der Waals surface area contributed by atoms with Crippen LogP contribution >= 0.6 is 23.2 Å². The number of halogens is 2. The van der Waals surface area contributed by atoms with Crippen LogP contribution in [0, 0.1) is 6.07 Å². The lowest BCUT2D eigenvalue weighted by Crippen LogP contribution is -1.92. The van der Waals surface area contributed by atoms with Crippen LogP contribution in [-0.4, -0.2) is 0 Å². The van der Waals surface area contributed by atoms with Gasteiger partial charge in [-0.05, 0) is 36.1 Å². The first kappa shape index (κ1) is 9.88. The van der Waals surface area contributed by atoms with E-state index in [2.05, 4.69) is 19.9 Å². The maximum atomic E-state index is 6.03. The van der Waals surface area contributed by atoms with Gasteiger partial charge >= 0.3 is 0 Å². The molecule has 1 rings (SSSR count). The first-order valence-electron chi connectivity index (χ1n) is 4.08. The molecule has 0 amide bonds. The Balaban J connectivity index is 3.25. The molecule has 0 nitrogen and oxygen atoms in total. The van der Waals surface area contributed by atoms with Crippen LogP contribution in [-0.2, 0) is 12.8 Å². The van der Waals surface area contributed by atoms with Crippen molar-refractivity contribution in [3.8, 4) is 0 Å². The molecule has 0 bridgehead atoms. The molecule has 2 heteroatoms. The van der Waals surface area contributed by atoms with Gasteiger partial charge < -0.3 is 0 Å². The third kappa shape index (κ3) is 1.75. The van der Waals surface area contributed by atoms with Gasteiger partial charge in [-0.1, -0.05) is 37.0 Å². The van der Waals surface area contributed by atoms with Crippen molar-refractivity contribution in [2.45, 2.75) is 26.7 Å². The number of benzene rings is 1. The van der Waals surface area contributed by atoms with Gasteiger partial charge in [0.2, 0.25) is 0 Å². The smallest absolute Gasteiger partial charge is 0.0627 e. The number of aryl methyl sites for hydroxylation is 1. The zero-order valence-corrected chi connectivity index (χ0v) is 8.76. The molecule has 0 unspecified atom stereocenters. The Labute approximate surface area is 83.5 Å². The highest BCUT2D eigenvalue weighted by molar-refractivity contribution is 6.42. The molecular formula is C10H11Cl2. The molecule has 0 saturated carbocycles. The lowest BCUT2D eigenvalue weighted by atomic mass is 10.0. The summed E-state index contributed by atoms with van der Waals surface area (Å²) in [6, 6.07) is 4.87. The van der Waals surface area contributed by atoms with Crippen molar-refractivity contribution in [3.05, 3.63) is 33.3 Å².